The van der Waals surface area contributed by atoms with E-state index in [1.54, 1.807) is 20.8 Å². The van der Waals surface area contributed by atoms with Gasteiger partial charge in [0.15, 0.2) is 0 Å². The first-order chi connectivity index (χ1) is 13.0. The molecular formula is C19H18FNO7. The van der Waals surface area contributed by atoms with Gasteiger partial charge in [-0.1, -0.05) is 6.07 Å². The van der Waals surface area contributed by atoms with Crippen LogP contribution in [0.15, 0.2) is 42.5 Å². The number of hydrogen-bond acceptors (Lipinski definition) is 7. The second kappa shape index (κ2) is 8.47. The van der Waals surface area contributed by atoms with Crippen LogP contribution in [0.25, 0.3) is 0 Å². The van der Waals surface area contributed by atoms with Gasteiger partial charge in [0.2, 0.25) is 0 Å². The number of halogens is 1. The average molecular weight is 391 g/mol. The van der Waals surface area contributed by atoms with Crippen molar-refractivity contribution in [3.05, 3.63) is 64.0 Å². The third-order valence-electron chi connectivity index (χ3n) is 3.23. The second-order valence-electron chi connectivity index (χ2n) is 6.72. The maximum atomic E-state index is 14.1. The minimum absolute atomic E-state index is 0.0256. The zero-order chi connectivity index (χ0) is 20.9. The van der Waals surface area contributed by atoms with E-state index < -0.39 is 28.5 Å². The zero-order valence-corrected chi connectivity index (χ0v) is 15.4. The first-order valence-corrected chi connectivity index (χ1v) is 8.18. The fourth-order valence-corrected chi connectivity index (χ4v) is 2.12. The quantitative estimate of drug-likeness (QED) is 0.326. The molecule has 0 aromatic heterocycles. The predicted octanol–water partition coefficient (Wildman–Crippen LogP) is 4.20. The Morgan fingerprint density at radius 2 is 1.61 bits per heavy atom. The Hall–Kier alpha value is -3.49. The third kappa shape index (κ3) is 6.35. The third-order valence-corrected chi connectivity index (χ3v) is 3.23. The lowest BCUT2D eigenvalue weighted by molar-refractivity contribution is -0.384. The Bertz CT molecular complexity index is 888. The Morgan fingerprint density at radius 1 is 1.04 bits per heavy atom. The van der Waals surface area contributed by atoms with Crippen molar-refractivity contribution < 1.29 is 33.1 Å². The number of esters is 1. The number of nitro groups is 1. The molecule has 2 aromatic rings. The summed E-state index contributed by atoms with van der Waals surface area (Å²) < 4.78 is 29.0. The monoisotopic (exact) mass is 391 g/mol. The lowest BCUT2D eigenvalue weighted by Crippen LogP contribution is -2.25. The van der Waals surface area contributed by atoms with Crippen LogP contribution in [0.4, 0.5) is 14.9 Å². The summed E-state index contributed by atoms with van der Waals surface area (Å²) in [6, 6.07) is 8.32. The van der Waals surface area contributed by atoms with Crippen LogP contribution < -0.4 is 9.47 Å². The Kier molecular flexibility index (Phi) is 6.29. The van der Waals surface area contributed by atoms with E-state index >= 15 is 0 Å². The summed E-state index contributed by atoms with van der Waals surface area (Å²) in [4.78, 5) is 33.5. The molecule has 0 heterocycles. The molecule has 0 saturated heterocycles. The molecule has 0 atom stereocenters. The number of rotatable bonds is 5. The van der Waals surface area contributed by atoms with Crippen LogP contribution in [0, 0.1) is 15.9 Å². The van der Waals surface area contributed by atoms with Crippen molar-refractivity contribution in [2.24, 2.45) is 0 Å². The van der Waals surface area contributed by atoms with Gasteiger partial charge in [0, 0.05) is 18.2 Å². The van der Waals surface area contributed by atoms with E-state index in [4.69, 9.17) is 14.2 Å². The number of hydrogen-bond donors (Lipinski definition) is 0. The highest BCUT2D eigenvalue weighted by Crippen LogP contribution is 2.21. The summed E-state index contributed by atoms with van der Waals surface area (Å²) in [5.41, 5.74) is -0.758. The molecule has 2 rings (SSSR count). The molecule has 0 unspecified atom stereocenters. The molecule has 8 nitrogen and oxygen atoms in total. The first-order valence-electron chi connectivity index (χ1n) is 8.18. The number of nitro benzene ring substituents is 1. The Balaban J connectivity index is 1.97. The van der Waals surface area contributed by atoms with Gasteiger partial charge in [0.1, 0.15) is 22.9 Å². The van der Waals surface area contributed by atoms with Gasteiger partial charge in [-0.25, -0.2) is 9.18 Å². The van der Waals surface area contributed by atoms with Crippen molar-refractivity contribution in [2.75, 3.05) is 0 Å². The summed E-state index contributed by atoms with van der Waals surface area (Å²) in [5, 5.41) is 10.6. The van der Waals surface area contributed by atoms with Gasteiger partial charge in [0.25, 0.3) is 5.69 Å². The second-order valence-corrected chi connectivity index (χ2v) is 6.72. The lowest BCUT2D eigenvalue weighted by Gasteiger charge is -2.19. The van der Waals surface area contributed by atoms with E-state index in [0.29, 0.717) is 0 Å². The summed E-state index contributed by atoms with van der Waals surface area (Å²) in [6.07, 6.45) is -1.41. The minimum Gasteiger partial charge on any atom is -0.460 e. The molecule has 0 aliphatic rings. The topological polar surface area (TPSA) is 105 Å². The van der Waals surface area contributed by atoms with Crippen LogP contribution in [0.5, 0.6) is 11.5 Å². The molecule has 148 valence electrons. The molecule has 0 bridgehead atoms. The van der Waals surface area contributed by atoms with Crippen molar-refractivity contribution >= 4 is 17.8 Å². The molecule has 0 fully saturated rings. The van der Waals surface area contributed by atoms with Crippen LogP contribution in [0.2, 0.25) is 0 Å². The number of non-ortho nitro benzene ring substituents is 1. The molecule has 28 heavy (non-hydrogen) atoms. The van der Waals surface area contributed by atoms with E-state index in [1.807, 2.05) is 0 Å². The standard InChI is InChI=1S/C19H18FNO7/c1-19(2,3)28-17(22)10-12-4-7-15(11-16(12)20)27-18(23)26-14-8-5-13(6-9-14)21(24)25/h4-9,11H,10H2,1-3H3. The SMILES string of the molecule is CC(C)(C)OC(=O)Cc1ccc(OC(=O)Oc2ccc([N+](=O)[O-])cc2)cc1F. The molecule has 0 saturated carbocycles. The van der Waals surface area contributed by atoms with Crippen LogP contribution in [-0.4, -0.2) is 22.6 Å². The van der Waals surface area contributed by atoms with Gasteiger partial charge in [-0.15, -0.1) is 0 Å². The van der Waals surface area contributed by atoms with Crippen molar-refractivity contribution in [2.45, 2.75) is 32.8 Å². The van der Waals surface area contributed by atoms with Crippen molar-refractivity contribution in [1.82, 2.24) is 0 Å². The highest BCUT2D eigenvalue weighted by Gasteiger charge is 2.18. The molecule has 0 aliphatic carbocycles. The van der Waals surface area contributed by atoms with Crippen LogP contribution in [0.3, 0.4) is 0 Å². The van der Waals surface area contributed by atoms with Gasteiger partial charge < -0.3 is 14.2 Å². The number of nitrogens with zero attached hydrogens (tertiary/aromatic N) is 1. The predicted molar refractivity (Wildman–Crippen MR) is 95.7 cm³/mol. The van der Waals surface area contributed by atoms with Crippen molar-refractivity contribution in [3.63, 3.8) is 0 Å². The number of carbonyl (C=O) groups is 2. The molecule has 2 aromatic carbocycles. The number of carbonyl (C=O) groups excluding carboxylic acids is 2. The van der Waals surface area contributed by atoms with Gasteiger partial charge >= 0.3 is 12.1 Å². The summed E-state index contributed by atoms with van der Waals surface area (Å²) >= 11 is 0. The van der Waals surface area contributed by atoms with E-state index in [9.17, 15) is 24.1 Å². The van der Waals surface area contributed by atoms with Crippen molar-refractivity contribution in [1.29, 1.82) is 0 Å². The summed E-state index contributed by atoms with van der Waals surface area (Å²) in [6.45, 7) is 5.11. The maximum Gasteiger partial charge on any atom is 0.519 e. The summed E-state index contributed by atoms with van der Waals surface area (Å²) in [5.74, 6) is -1.43. The molecule has 0 amide bonds. The Labute approximate surface area is 160 Å². The van der Waals surface area contributed by atoms with Crippen molar-refractivity contribution in [3.8, 4) is 11.5 Å². The van der Waals surface area contributed by atoms with E-state index in [2.05, 4.69) is 0 Å². The maximum absolute atomic E-state index is 14.1. The van der Waals surface area contributed by atoms with Gasteiger partial charge in [0.05, 0.1) is 11.3 Å². The summed E-state index contributed by atoms with van der Waals surface area (Å²) in [7, 11) is 0. The fraction of sp³-hybridized carbons (Fsp3) is 0.263. The van der Waals surface area contributed by atoms with E-state index in [-0.39, 0.29) is 29.2 Å². The van der Waals surface area contributed by atoms with Gasteiger partial charge in [-0.05, 0) is 44.5 Å². The smallest absolute Gasteiger partial charge is 0.460 e. The molecule has 0 aliphatic heterocycles. The normalized spacial score (nSPS) is 10.9. The van der Waals surface area contributed by atoms with Crippen LogP contribution >= 0.6 is 0 Å². The minimum atomic E-state index is -1.15. The average Bonchev–Trinajstić information content (AvgIpc) is 2.56. The number of ether oxygens (including phenoxy) is 3. The van der Waals surface area contributed by atoms with E-state index in [1.165, 1.54) is 24.3 Å². The highest BCUT2D eigenvalue weighted by atomic mass is 19.1. The molecule has 0 spiro atoms. The first kappa shape index (κ1) is 20.8. The fourth-order valence-electron chi connectivity index (χ4n) is 2.12. The number of benzene rings is 2. The molecule has 0 radical (unpaired) electrons. The largest absolute Gasteiger partial charge is 0.519 e. The van der Waals surface area contributed by atoms with Gasteiger partial charge in [-0.3, -0.25) is 14.9 Å². The van der Waals surface area contributed by atoms with Gasteiger partial charge in [-0.2, -0.15) is 0 Å². The lowest BCUT2D eigenvalue weighted by atomic mass is 10.1. The van der Waals surface area contributed by atoms with Crippen LogP contribution in [-0.2, 0) is 16.0 Å². The Morgan fingerprint density at radius 3 is 2.14 bits per heavy atom. The highest BCUT2D eigenvalue weighted by molar-refractivity contribution is 5.73. The van der Waals surface area contributed by atoms with Crippen LogP contribution in [0.1, 0.15) is 26.3 Å². The van der Waals surface area contributed by atoms with E-state index in [0.717, 1.165) is 18.2 Å². The molecule has 9 heteroatoms. The zero-order valence-electron chi connectivity index (χ0n) is 15.4. The molecule has 0 N–H and O–H groups in total. The molecular weight excluding hydrogens is 373 g/mol.